The Hall–Kier alpha value is -3.58. The van der Waals surface area contributed by atoms with Gasteiger partial charge in [-0.2, -0.15) is 5.10 Å². The van der Waals surface area contributed by atoms with Crippen molar-refractivity contribution in [2.45, 2.75) is 11.8 Å². The lowest BCUT2D eigenvalue weighted by atomic mass is 10.1. The van der Waals surface area contributed by atoms with Gasteiger partial charge in [0.1, 0.15) is 17.0 Å². The average Bonchev–Trinajstić information content (AvgIpc) is 3.07. The molecule has 0 amide bonds. The molecule has 0 saturated heterocycles. The second-order valence-corrected chi connectivity index (χ2v) is 8.25. The zero-order valence-corrected chi connectivity index (χ0v) is 16.5. The number of fused-ring (bicyclic) bond motifs is 1. The number of nitrogens with two attached hydrogens (primary N) is 1. The fourth-order valence-electron chi connectivity index (χ4n) is 3.08. The molecule has 0 radical (unpaired) electrons. The van der Waals surface area contributed by atoms with Crippen LogP contribution in [-0.4, -0.2) is 14.1 Å². The summed E-state index contributed by atoms with van der Waals surface area (Å²) in [5.74, 6) is 5.93. The van der Waals surface area contributed by atoms with Crippen molar-refractivity contribution in [1.29, 1.82) is 0 Å². The number of benzene rings is 3. The van der Waals surface area contributed by atoms with E-state index in [0.717, 1.165) is 5.56 Å². The third-order valence-electron chi connectivity index (χ3n) is 4.55. The maximum Gasteiger partial charge on any atom is 0.262 e. The Morgan fingerprint density at radius 2 is 1.59 bits per heavy atom. The molecular formula is C22H19N3O3S. The lowest BCUT2D eigenvalue weighted by molar-refractivity contribution is 0.597. The molecule has 3 aromatic carbocycles. The average molecular weight is 405 g/mol. The molecule has 1 heterocycles. The van der Waals surface area contributed by atoms with Crippen LogP contribution in [0.2, 0.25) is 0 Å². The van der Waals surface area contributed by atoms with E-state index in [4.69, 9.17) is 10.3 Å². The largest absolute Gasteiger partial charge is 0.452 e. The van der Waals surface area contributed by atoms with Crippen molar-refractivity contribution in [3.05, 3.63) is 95.7 Å². The summed E-state index contributed by atoms with van der Waals surface area (Å²) >= 11 is 0. The van der Waals surface area contributed by atoms with Gasteiger partial charge in [-0.3, -0.25) is 4.72 Å². The van der Waals surface area contributed by atoms with Crippen LogP contribution in [0.25, 0.3) is 11.0 Å². The number of rotatable bonds is 5. The summed E-state index contributed by atoms with van der Waals surface area (Å²) in [6, 6.07) is 23.0. The molecule has 6 nitrogen and oxygen atoms in total. The Balaban J connectivity index is 1.87. The van der Waals surface area contributed by atoms with Gasteiger partial charge in [-0.15, -0.1) is 0 Å². The molecule has 1 aromatic heterocycles. The number of anilines is 1. The van der Waals surface area contributed by atoms with Crippen molar-refractivity contribution in [2.75, 3.05) is 4.72 Å². The predicted molar refractivity (Wildman–Crippen MR) is 114 cm³/mol. The first-order chi connectivity index (χ1) is 14.0. The molecule has 29 heavy (non-hydrogen) atoms. The summed E-state index contributed by atoms with van der Waals surface area (Å²) < 4.78 is 34.7. The third kappa shape index (κ3) is 3.60. The normalized spacial score (nSPS) is 12.2. The molecule has 0 atom stereocenters. The van der Waals surface area contributed by atoms with Crippen molar-refractivity contribution in [1.82, 2.24) is 0 Å². The molecule has 146 valence electrons. The van der Waals surface area contributed by atoms with Crippen molar-refractivity contribution in [2.24, 2.45) is 10.9 Å². The molecule has 0 unspecified atom stereocenters. The molecule has 4 aromatic rings. The zero-order valence-electron chi connectivity index (χ0n) is 15.7. The van der Waals surface area contributed by atoms with Gasteiger partial charge >= 0.3 is 0 Å². The third-order valence-corrected chi connectivity index (χ3v) is 5.92. The molecule has 0 aliphatic rings. The molecule has 4 rings (SSSR count). The summed E-state index contributed by atoms with van der Waals surface area (Å²) in [4.78, 5) is 0.158. The number of furan rings is 1. The predicted octanol–water partition coefficient (Wildman–Crippen LogP) is 4.25. The molecule has 0 saturated carbocycles. The summed E-state index contributed by atoms with van der Waals surface area (Å²) in [5, 5.41) is 4.51. The second kappa shape index (κ2) is 7.44. The van der Waals surface area contributed by atoms with Crippen LogP contribution in [0.4, 0.5) is 5.69 Å². The summed E-state index contributed by atoms with van der Waals surface area (Å²) in [6.07, 6.45) is 0. The molecule has 0 bridgehead atoms. The van der Waals surface area contributed by atoms with E-state index in [9.17, 15) is 8.42 Å². The van der Waals surface area contributed by atoms with E-state index in [2.05, 4.69) is 9.82 Å². The van der Waals surface area contributed by atoms with E-state index < -0.39 is 10.0 Å². The van der Waals surface area contributed by atoms with Gasteiger partial charge < -0.3 is 10.3 Å². The number of hydrogen-bond donors (Lipinski definition) is 2. The maximum absolute atomic E-state index is 13.0. The van der Waals surface area contributed by atoms with Crippen LogP contribution in [0.3, 0.4) is 0 Å². The lowest BCUT2D eigenvalue weighted by Gasteiger charge is -2.10. The molecule has 3 N–H and O–H groups in total. The standard InChI is InChI=1S/C22H19N3O3S/c1-15-11-13-17(14-12-15)29(26,27)25-21-18-9-5-6-10-19(18)28-22(21)20(24-23)16-7-3-2-4-8-16/h2-14,25H,23H2,1H3/b24-20-. The number of nitrogens with zero attached hydrogens (tertiary/aromatic N) is 1. The van der Waals surface area contributed by atoms with E-state index in [-0.39, 0.29) is 10.7 Å². The molecule has 0 spiro atoms. The topological polar surface area (TPSA) is 97.7 Å². The molecule has 0 fully saturated rings. The highest BCUT2D eigenvalue weighted by Gasteiger charge is 2.25. The Morgan fingerprint density at radius 3 is 2.28 bits per heavy atom. The minimum Gasteiger partial charge on any atom is -0.452 e. The van der Waals surface area contributed by atoms with E-state index >= 15 is 0 Å². The van der Waals surface area contributed by atoms with Gasteiger partial charge in [-0.1, -0.05) is 60.2 Å². The zero-order chi connectivity index (χ0) is 20.4. The quantitative estimate of drug-likeness (QED) is 0.295. The Morgan fingerprint density at radius 1 is 0.931 bits per heavy atom. The molecule has 0 aliphatic heterocycles. The van der Waals surface area contributed by atoms with Crippen LogP contribution in [0, 0.1) is 6.92 Å². The fourth-order valence-corrected chi connectivity index (χ4v) is 4.17. The van der Waals surface area contributed by atoms with Gasteiger partial charge in [-0.05, 0) is 31.2 Å². The first-order valence-electron chi connectivity index (χ1n) is 8.94. The number of hydrazone groups is 1. The lowest BCUT2D eigenvalue weighted by Crippen LogP contribution is -2.16. The highest BCUT2D eigenvalue weighted by molar-refractivity contribution is 7.92. The molecular weight excluding hydrogens is 386 g/mol. The first kappa shape index (κ1) is 18.8. The van der Waals surface area contributed by atoms with Crippen molar-refractivity contribution in [3.63, 3.8) is 0 Å². The van der Waals surface area contributed by atoms with E-state index in [1.807, 2.05) is 49.4 Å². The van der Waals surface area contributed by atoms with Crippen LogP contribution in [0.15, 0.2) is 93.3 Å². The van der Waals surface area contributed by atoms with Gasteiger partial charge in [0, 0.05) is 10.9 Å². The maximum atomic E-state index is 13.0. The molecule has 0 aliphatic carbocycles. The smallest absolute Gasteiger partial charge is 0.262 e. The Labute approximate surface area is 168 Å². The SMILES string of the molecule is Cc1ccc(S(=O)(=O)Nc2c(/C(=N\N)c3ccccc3)oc3ccccc23)cc1. The van der Waals surface area contributed by atoms with Crippen molar-refractivity contribution in [3.8, 4) is 0 Å². The second-order valence-electron chi connectivity index (χ2n) is 6.56. The van der Waals surface area contributed by atoms with Crippen LogP contribution >= 0.6 is 0 Å². The first-order valence-corrected chi connectivity index (χ1v) is 10.4. The van der Waals surface area contributed by atoms with Crippen LogP contribution in [-0.2, 0) is 10.0 Å². The summed E-state index contributed by atoms with van der Waals surface area (Å²) in [5.41, 5.74) is 2.86. The van der Waals surface area contributed by atoms with E-state index in [0.29, 0.717) is 27.9 Å². The van der Waals surface area contributed by atoms with Gasteiger partial charge in [0.2, 0.25) is 0 Å². The number of para-hydroxylation sites is 1. The summed E-state index contributed by atoms with van der Waals surface area (Å²) in [7, 11) is -3.84. The number of aryl methyl sites for hydroxylation is 1. The van der Waals surface area contributed by atoms with Gasteiger partial charge in [0.15, 0.2) is 5.76 Å². The summed E-state index contributed by atoms with van der Waals surface area (Å²) in [6.45, 7) is 1.90. The Bertz CT molecular complexity index is 1290. The van der Waals surface area contributed by atoms with Gasteiger partial charge in [0.05, 0.1) is 4.90 Å². The van der Waals surface area contributed by atoms with E-state index in [1.54, 1.807) is 36.4 Å². The number of nitrogens with one attached hydrogen (secondary N) is 1. The van der Waals surface area contributed by atoms with Gasteiger partial charge in [0.25, 0.3) is 10.0 Å². The number of sulfonamides is 1. The fraction of sp³-hybridized carbons (Fsp3) is 0.0455. The van der Waals surface area contributed by atoms with E-state index in [1.165, 1.54) is 0 Å². The van der Waals surface area contributed by atoms with Crippen LogP contribution in [0.1, 0.15) is 16.9 Å². The van der Waals surface area contributed by atoms with Crippen LogP contribution < -0.4 is 10.6 Å². The Kier molecular flexibility index (Phi) is 4.82. The van der Waals surface area contributed by atoms with Crippen molar-refractivity contribution >= 4 is 32.4 Å². The van der Waals surface area contributed by atoms with Gasteiger partial charge in [-0.25, -0.2) is 8.42 Å². The number of hydrogen-bond acceptors (Lipinski definition) is 5. The van der Waals surface area contributed by atoms with Crippen molar-refractivity contribution < 1.29 is 12.8 Å². The monoisotopic (exact) mass is 405 g/mol. The molecule has 7 heteroatoms. The van der Waals surface area contributed by atoms with Crippen LogP contribution in [0.5, 0.6) is 0 Å². The highest BCUT2D eigenvalue weighted by Crippen LogP contribution is 2.34. The highest BCUT2D eigenvalue weighted by atomic mass is 32.2. The minimum absolute atomic E-state index is 0.158. The minimum atomic E-state index is -3.84.